The molecule has 0 fully saturated rings. The van der Waals surface area contributed by atoms with Crippen molar-refractivity contribution in [1.29, 1.82) is 0 Å². The SMILES string of the molecule is CCN(C(=O)C[NH2+][C@H](C)c1ccco1)c1c(N)n(Cc2ccccc2)c(=O)[nH]c1=O. The molecule has 2 aromatic heterocycles. The number of nitrogens with two attached hydrogens (primary N) is 2. The highest BCUT2D eigenvalue weighted by Crippen LogP contribution is 2.17. The molecule has 0 bridgehead atoms. The van der Waals surface area contributed by atoms with Gasteiger partial charge in [-0.3, -0.25) is 24.0 Å². The lowest BCUT2D eigenvalue weighted by Crippen LogP contribution is -2.87. The number of hydrogen-bond acceptors (Lipinski definition) is 5. The number of nitrogens with one attached hydrogen (secondary N) is 1. The van der Waals surface area contributed by atoms with Crippen molar-refractivity contribution in [2.75, 3.05) is 23.7 Å². The van der Waals surface area contributed by atoms with Crippen molar-refractivity contribution in [2.45, 2.75) is 26.4 Å². The summed E-state index contributed by atoms with van der Waals surface area (Å²) in [5, 5.41) is 1.81. The lowest BCUT2D eigenvalue weighted by molar-refractivity contribution is -0.684. The molecule has 0 spiro atoms. The molecule has 9 nitrogen and oxygen atoms in total. The van der Waals surface area contributed by atoms with E-state index in [9.17, 15) is 14.4 Å². The highest BCUT2D eigenvalue weighted by molar-refractivity contribution is 5.96. The molecule has 0 unspecified atom stereocenters. The molecule has 0 aliphatic carbocycles. The fraction of sp³-hybridized carbons (Fsp3) is 0.286. The van der Waals surface area contributed by atoms with Gasteiger partial charge in [-0.1, -0.05) is 30.3 Å². The Kier molecular flexibility index (Phi) is 6.53. The number of aromatic nitrogens is 2. The van der Waals surface area contributed by atoms with Gasteiger partial charge in [0.2, 0.25) is 0 Å². The molecule has 158 valence electrons. The van der Waals surface area contributed by atoms with Crippen molar-refractivity contribution in [1.82, 2.24) is 9.55 Å². The Bertz CT molecular complexity index is 1100. The first-order chi connectivity index (χ1) is 14.4. The van der Waals surface area contributed by atoms with Crippen molar-refractivity contribution in [3.05, 3.63) is 80.9 Å². The van der Waals surface area contributed by atoms with Gasteiger partial charge in [-0.2, -0.15) is 0 Å². The summed E-state index contributed by atoms with van der Waals surface area (Å²) in [6.45, 7) is 4.18. The molecule has 2 heterocycles. The zero-order chi connectivity index (χ0) is 21.7. The molecule has 3 rings (SSSR count). The van der Waals surface area contributed by atoms with Gasteiger partial charge in [0, 0.05) is 6.54 Å². The first kappa shape index (κ1) is 21.1. The number of carbonyl (C=O) groups excluding carboxylic acids is 1. The number of furan rings is 1. The molecule has 3 aromatic rings. The number of H-pyrrole nitrogens is 1. The fourth-order valence-corrected chi connectivity index (χ4v) is 3.27. The average molecular weight is 412 g/mol. The Balaban J connectivity index is 1.86. The molecule has 1 amide bonds. The minimum Gasteiger partial charge on any atom is -0.463 e. The summed E-state index contributed by atoms with van der Waals surface area (Å²) in [4.78, 5) is 41.3. The van der Waals surface area contributed by atoms with Gasteiger partial charge in [-0.05, 0) is 31.5 Å². The Hall–Kier alpha value is -3.59. The molecule has 5 N–H and O–H groups in total. The van der Waals surface area contributed by atoms with Crippen LogP contribution in [0.25, 0.3) is 0 Å². The second-order valence-electron chi connectivity index (χ2n) is 6.95. The standard InChI is InChI=1S/C21H25N5O4/c1-3-25(17(27)12-23-14(2)16-10-7-11-30-16)18-19(22)26(21(29)24-20(18)28)13-15-8-5-4-6-9-15/h4-11,14,23H,3,12-13,22H2,1-2H3,(H,24,28,29)/p+1/t14-/m1/s1. The van der Waals surface area contributed by atoms with E-state index in [1.54, 1.807) is 19.3 Å². The van der Waals surface area contributed by atoms with E-state index in [-0.39, 0.29) is 43.1 Å². The minimum atomic E-state index is -0.684. The maximum Gasteiger partial charge on any atom is 0.330 e. The highest BCUT2D eigenvalue weighted by atomic mass is 16.3. The molecule has 1 atom stereocenters. The summed E-state index contributed by atoms with van der Waals surface area (Å²) in [6, 6.07) is 12.8. The maximum absolute atomic E-state index is 12.9. The number of hydrogen-bond donors (Lipinski definition) is 3. The molecular weight excluding hydrogens is 386 g/mol. The third-order valence-electron chi connectivity index (χ3n) is 4.92. The third kappa shape index (κ3) is 4.52. The van der Waals surface area contributed by atoms with Crippen molar-refractivity contribution >= 4 is 17.4 Å². The van der Waals surface area contributed by atoms with E-state index in [1.165, 1.54) is 9.47 Å². The number of nitrogens with zero attached hydrogens (tertiary/aromatic N) is 2. The van der Waals surface area contributed by atoms with E-state index in [0.717, 1.165) is 11.3 Å². The number of likely N-dealkylation sites (N-methyl/N-ethyl adjacent to an activating group) is 1. The topological polar surface area (TPSA) is 131 Å². The monoisotopic (exact) mass is 412 g/mol. The van der Waals surface area contributed by atoms with E-state index in [1.807, 2.05) is 48.6 Å². The van der Waals surface area contributed by atoms with Crippen molar-refractivity contribution in [2.24, 2.45) is 0 Å². The Morgan fingerprint density at radius 3 is 2.60 bits per heavy atom. The number of carbonyl (C=O) groups is 1. The normalized spacial score (nSPS) is 11.9. The lowest BCUT2D eigenvalue weighted by atomic mass is 10.2. The average Bonchev–Trinajstić information content (AvgIpc) is 3.28. The molecule has 0 saturated carbocycles. The first-order valence-corrected chi connectivity index (χ1v) is 9.76. The van der Waals surface area contributed by atoms with Gasteiger partial charge in [-0.25, -0.2) is 4.79 Å². The molecule has 9 heteroatoms. The van der Waals surface area contributed by atoms with E-state index < -0.39 is 11.2 Å². The molecule has 30 heavy (non-hydrogen) atoms. The summed E-state index contributed by atoms with van der Waals surface area (Å²) in [5.74, 6) is 0.416. The van der Waals surface area contributed by atoms with Crippen LogP contribution >= 0.6 is 0 Å². The van der Waals surface area contributed by atoms with Gasteiger partial charge in [0.25, 0.3) is 11.5 Å². The van der Waals surface area contributed by atoms with Crippen molar-refractivity contribution < 1.29 is 14.5 Å². The van der Waals surface area contributed by atoms with Crippen LogP contribution in [0.3, 0.4) is 0 Å². The molecular formula is C21H26N5O4+. The number of nitrogen functional groups attached to an aromatic ring is 1. The van der Waals surface area contributed by atoms with Crippen LogP contribution in [0.15, 0.2) is 62.7 Å². The van der Waals surface area contributed by atoms with E-state index in [4.69, 9.17) is 10.2 Å². The van der Waals surface area contributed by atoms with Gasteiger partial charge in [0.15, 0.2) is 18.0 Å². The molecule has 1 aromatic carbocycles. The van der Waals surface area contributed by atoms with Crippen LogP contribution in [0, 0.1) is 0 Å². The highest BCUT2D eigenvalue weighted by Gasteiger charge is 2.25. The largest absolute Gasteiger partial charge is 0.463 e. The van der Waals surface area contributed by atoms with Crippen LogP contribution in [-0.2, 0) is 11.3 Å². The summed E-state index contributed by atoms with van der Waals surface area (Å²) in [5.41, 5.74) is 5.73. The van der Waals surface area contributed by atoms with E-state index in [0.29, 0.717) is 0 Å². The van der Waals surface area contributed by atoms with Gasteiger partial charge in [0.1, 0.15) is 11.9 Å². The van der Waals surface area contributed by atoms with Gasteiger partial charge in [-0.15, -0.1) is 0 Å². The van der Waals surface area contributed by atoms with Crippen LogP contribution in [0.2, 0.25) is 0 Å². The molecule has 0 aliphatic heterocycles. The Labute approximate surface area is 173 Å². The quantitative estimate of drug-likeness (QED) is 0.494. The predicted octanol–water partition coefficient (Wildman–Crippen LogP) is 0.438. The van der Waals surface area contributed by atoms with E-state index >= 15 is 0 Å². The summed E-state index contributed by atoms with van der Waals surface area (Å²) < 4.78 is 6.61. The maximum atomic E-state index is 12.9. The fourth-order valence-electron chi connectivity index (χ4n) is 3.27. The first-order valence-electron chi connectivity index (χ1n) is 9.76. The van der Waals surface area contributed by atoms with Crippen LogP contribution in [0.1, 0.15) is 31.2 Å². The summed E-state index contributed by atoms with van der Waals surface area (Å²) in [7, 11) is 0. The zero-order valence-corrected chi connectivity index (χ0v) is 17.0. The molecule has 0 radical (unpaired) electrons. The van der Waals surface area contributed by atoms with Gasteiger partial charge >= 0.3 is 5.69 Å². The number of amides is 1. The van der Waals surface area contributed by atoms with Crippen LogP contribution < -0.4 is 27.2 Å². The van der Waals surface area contributed by atoms with Crippen molar-refractivity contribution in [3.8, 4) is 0 Å². The van der Waals surface area contributed by atoms with Crippen LogP contribution in [0.4, 0.5) is 11.5 Å². The number of benzene rings is 1. The third-order valence-corrected chi connectivity index (χ3v) is 4.92. The van der Waals surface area contributed by atoms with Crippen LogP contribution in [0.5, 0.6) is 0 Å². The summed E-state index contributed by atoms with van der Waals surface area (Å²) in [6.07, 6.45) is 1.58. The lowest BCUT2D eigenvalue weighted by Gasteiger charge is -2.23. The second-order valence-corrected chi connectivity index (χ2v) is 6.95. The minimum absolute atomic E-state index is 0.0166. The summed E-state index contributed by atoms with van der Waals surface area (Å²) >= 11 is 0. The Morgan fingerprint density at radius 2 is 1.97 bits per heavy atom. The van der Waals surface area contributed by atoms with E-state index in [2.05, 4.69) is 4.98 Å². The second kappa shape index (κ2) is 9.27. The smallest absolute Gasteiger partial charge is 0.330 e. The van der Waals surface area contributed by atoms with Crippen LogP contribution in [-0.4, -0.2) is 28.5 Å². The number of quaternary nitrogens is 1. The number of aromatic amines is 1. The Morgan fingerprint density at radius 1 is 1.23 bits per heavy atom. The molecule has 0 saturated heterocycles. The van der Waals surface area contributed by atoms with Gasteiger partial charge < -0.3 is 15.5 Å². The number of rotatable bonds is 8. The zero-order valence-electron chi connectivity index (χ0n) is 17.0. The number of anilines is 2. The van der Waals surface area contributed by atoms with Gasteiger partial charge in [0.05, 0.1) is 12.8 Å². The molecule has 0 aliphatic rings. The predicted molar refractivity (Wildman–Crippen MR) is 113 cm³/mol. The van der Waals surface area contributed by atoms with Crippen molar-refractivity contribution in [3.63, 3.8) is 0 Å².